The van der Waals surface area contributed by atoms with Crippen molar-refractivity contribution in [3.63, 3.8) is 0 Å². The largest absolute Gasteiger partial charge is 0.381 e. The van der Waals surface area contributed by atoms with E-state index in [0.29, 0.717) is 13.2 Å². The third kappa shape index (κ3) is 3.36. The molecule has 1 aliphatic rings. The molecule has 0 aromatic rings. The van der Waals surface area contributed by atoms with Gasteiger partial charge in [-0.3, -0.25) is 0 Å². The van der Waals surface area contributed by atoms with Crippen LogP contribution in [0.4, 0.5) is 4.39 Å². The third-order valence-electron chi connectivity index (χ3n) is 1.88. The Morgan fingerprint density at radius 1 is 1.73 bits per heavy atom. The van der Waals surface area contributed by atoms with Crippen LogP contribution in [0.3, 0.4) is 0 Å². The topological polar surface area (TPSA) is 21.3 Å². The molecule has 4 heteroatoms. The van der Waals surface area contributed by atoms with Crippen LogP contribution >= 0.6 is 12.4 Å². The van der Waals surface area contributed by atoms with E-state index in [4.69, 9.17) is 4.74 Å². The van der Waals surface area contributed by atoms with Gasteiger partial charge in [0, 0.05) is 19.1 Å². The summed E-state index contributed by atoms with van der Waals surface area (Å²) in [6.07, 6.45) is 0.149. The Morgan fingerprint density at radius 2 is 2.45 bits per heavy atom. The first-order valence-corrected chi connectivity index (χ1v) is 3.71. The summed E-state index contributed by atoms with van der Waals surface area (Å²) in [5.41, 5.74) is 0. The summed E-state index contributed by atoms with van der Waals surface area (Å²) in [7, 11) is 1.77. The fraction of sp³-hybridized carbons (Fsp3) is 1.00. The van der Waals surface area contributed by atoms with Crippen LogP contribution in [-0.2, 0) is 4.74 Å². The summed E-state index contributed by atoms with van der Waals surface area (Å²) >= 11 is 0. The number of halogens is 2. The number of hydrogen-bond donors (Lipinski definition) is 1. The maximum atomic E-state index is 13.0. The molecule has 0 saturated carbocycles. The van der Waals surface area contributed by atoms with Gasteiger partial charge in [0.1, 0.15) is 6.17 Å². The van der Waals surface area contributed by atoms with E-state index < -0.39 is 6.17 Å². The van der Waals surface area contributed by atoms with Crippen LogP contribution in [0, 0.1) is 5.92 Å². The molecule has 1 fully saturated rings. The Labute approximate surface area is 72.9 Å². The number of alkyl halides is 1. The maximum Gasteiger partial charge on any atom is 0.118 e. The van der Waals surface area contributed by atoms with Gasteiger partial charge in [0.05, 0.1) is 6.61 Å². The molecule has 1 aliphatic heterocycles. The van der Waals surface area contributed by atoms with Crippen molar-refractivity contribution in [2.75, 3.05) is 26.8 Å². The Morgan fingerprint density at radius 3 is 2.91 bits per heavy atom. The van der Waals surface area contributed by atoms with E-state index >= 15 is 0 Å². The van der Waals surface area contributed by atoms with Gasteiger partial charge >= 0.3 is 0 Å². The first-order valence-electron chi connectivity index (χ1n) is 3.71. The van der Waals surface area contributed by atoms with Gasteiger partial charge in [0.25, 0.3) is 0 Å². The van der Waals surface area contributed by atoms with E-state index in [1.54, 1.807) is 7.05 Å². The van der Waals surface area contributed by atoms with Crippen molar-refractivity contribution in [3.05, 3.63) is 0 Å². The smallest absolute Gasteiger partial charge is 0.118 e. The number of hydrogen-bond acceptors (Lipinski definition) is 2. The molecule has 1 rings (SSSR count). The standard InChI is InChI=1S/C7H14FNO.ClH/c1-9-4-7(8)6-2-3-10-5-6;/h6-7,9H,2-5H2,1H3;1H. The van der Waals surface area contributed by atoms with Crippen LogP contribution in [0.25, 0.3) is 0 Å². The lowest BCUT2D eigenvalue weighted by atomic mass is 10.0. The molecule has 0 aromatic heterocycles. The predicted molar refractivity (Wildman–Crippen MR) is 45.0 cm³/mol. The van der Waals surface area contributed by atoms with Gasteiger partial charge in [-0.25, -0.2) is 4.39 Å². The second-order valence-electron chi connectivity index (χ2n) is 2.70. The van der Waals surface area contributed by atoms with Gasteiger partial charge in [0.2, 0.25) is 0 Å². The van der Waals surface area contributed by atoms with Crippen LogP contribution in [0.5, 0.6) is 0 Å². The van der Waals surface area contributed by atoms with Gasteiger partial charge in [-0.1, -0.05) is 0 Å². The lowest BCUT2D eigenvalue weighted by Gasteiger charge is -2.12. The summed E-state index contributed by atoms with van der Waals surface area (Å²) in [4.78, 5) is 0. The molecular formula is C7H15ClFNO. The van der Waals surface area contributed by atoms with E-state index in [-0.39, 0.29) is 18.3 Å². The van der Waals surface area contributed by atoms with E-state index in [2.05, 4.69) is 5.32 Å². The normalized spacial score (nSPS) is 26.2. The van der Waals surface area contributed by atoms with Crippen molar-refractivity contribution >= 4 is 12.4 Å². The molecule has 1 heterocycles. The van der Waals surface area contributed by atoms with Crippen LogP contribution in [0.15, 0.2) is 0 Å². The van der Waals surface area contributed by atoms with Crippen LogP contribution < -0.4 is 5.32 Å². The summed E-state index contributed by atoms with van der Waals surface area (Å²) < 4.78 is 18.0. The second kappa shape index (κ2) is 5.75. The van der Waals surface area contributed by atoms with Crippen molar-refractivity contribution in [3.8, 4) is 0 Å². The number of rotatable bonds is 3. The highest BCUT2D eigenvalue weighted by atomic mass is 35.5. The van der Waals surface area contributed by atoms with Gasteiger partial charge in [-0.05, 0) is 13.5 Å². The molecule has 2 unspecified atom stereocenters. The van der Waals surface area contributed by atoms with Gasteiger partial charge in [-0.15, -0.1) is 12.4 Å². The maximum absolute atomic E-state index is 13.0. The average Bonchev–Trinajstić information content (AvgIpc) is 2.38. The number of ether oxygens (including phenoxy) is 1. The zero-order chi connectivity index (χ0) is 7.40. The quantitative estimate of drug-likeness (QED) is 0.705. The molecule has 0 radical (unpaired) electrons. The molecule has 0 aliphatic carbocycles. The van der Waals surface area contributed by atoms with Crippen molar-refractivity contribution in [2.24, 2.45) is 5.92 Å². The van der Waals surface area contributed by atoms with E-state index in [1.807, 2.05) is 0 Å². The third-order valence-corrected chi connectivity index (χ3v) is 1.88. The molecule has 11 heavy (non-hydrogen) atoms. The van der Waals surface area contributed by atoms with Crippen molar-refractivity contribution < 1.29 is 9.13 Å². The fourth-order valence-corrected chi connectivity index (χ4v) is 1.20. The molecule has 1 N–H and O–H groups in total. The highest BCUT2D eigenvalue weighted by Crippen LogP contribution is 2.18. The minimum absolute atomic E-state index is 0. The summed E-state index contributed by atoms with van der Waals surface area (Å²) in [6, 6.07) is 0. The zero-order valence-corrected chi connectivity index (χ0v) is 7.49. The van der Waals surface area contributed by atoms with Gasteiger partial charge in [0.15, 0.2) is 0 Å². The number of nitrogens with one attached hydrogen (secondary N) is 1. The molecule has 2 atom stereocenters. The first kappa shape index (κ1) is 11.1. The fourth-order valence-electron chi connectivity index (χ4n) is 1.20. The highest BCUT2D eigenvalue weighted by molar-refractivity contribution is 5.85. The van der Waals surface area contributed by atoms with Crippen molar-refractivity contribution in [2.45, 2.75) is 12.6 Å². The molecule has 0 aromatic carbocycles. The van der Waals surface area contributed by atoms with Crippen LogP contribution in [0.1, 0.15) is 6.42 Å². The Bertz CT molecular complexity index is 98.4. The molecule has 0 amide bonds. The highest BCUT2D eigenvalue weighted by Gasteiger charge is 2.24. The minimum Gasteiger partial charge on any atom is -0.381 e. The summed E-state index contributed by atoms with van der Waals surface area (Å²) in [5, 5.41) is 2.81. The minimum atomic E-state index is -0.729. The molecule has 0 bridgehead atoms. The van der Waals surface area contributed by atoms with E-state index in [1.165, 1.54) is 0 Å². The Hall–Kier alpha value is 0.140. The lowest BCUT2D eigenvalue weighted by Crippen LogP contribution is -2.27. The first-order chi connectivity index (χ1) is 4.84. The van der Waals surface area contributed by atoms with Gasteiger partial charge in [-0.2, -0.15) is 0 Å². The summed E-state index contributed by atoms with van der Waals surface area (Å²) in [5.74, 6) is 0.132. The van der Waals surface area contributed by atoms with Crippen molar-refractivity contribution in [1.29, 1.82) is 0 Å². The van der Waals surface area contributed by atoms with Crippen LogP contribution in [-0.4, -0.2) is 33.0 Å². The van der Waals surface area contributed by atoms with E-state index in [9.17, 15) is 4.39 Å². The molecule has 0 spiro atoms. The van der Waals surface area contributed by atoms with Crippen molar-refractivity contribution in [1.82, 2.24) is 5.32 Å². The predicted octanol–water partition coefficient (Wildman–Crippen LogP) is 1.00. The molecular weight excluding hydrogens is 169 g/mol. The second-order valence-corrected chi connectivity index (χ2v) is 2.70. The monoisotopic (exact) mass is 183 g/mol. The molecule has 1 saturated heterocycles. The average molecular weight is 184 g/mol. The Balaban J connectivity index is 0.000001000. The molecule has 2 nitrogen and oxygen atoms in total. The van der Waals surface area contributed by atoms with Crippen LogP contribution in [0.2, 0.25) is 0 Å². The summed E-state index contributed by atoms with van der Waals surface area (Å²) in [6.45, 7) is 1.78. The lowest BCUT2D eigenvalue weighted by molar-refractivity contribution is 0.154. The Kier molecular flexibility index (Phi) is 5.82. The van der Waals surface area contributed by atoms with Gasteiger partial charge < -0.3 is 10.1 Å². The van der Waals surface area contributed by atoms with E-state index in [0.717, 1.165) is 13.0 Å². The molecule has 68 valence electrons. The SMILES string of the molecule is CNCC(F)C1CCOC1.Cl. The zero-order valence-electron chi connectivity index (χ0n) is 6.68.